The molecule has 3 nitrogen and oxygen atoms in total. The summed E-state index contributed by atoms with van der Waals surface area (Å²) in [5, 5.41) is 8.57. The SMILES string of the molecule is CCCCCOc1cncc(C#CCO)c1. The highest BCUT2D eigenvalue weighted by molar-refractivity contribution is 5.36. The molecule has 1 heterocycles. The third-order valence-corrected chi connectivity index (χ3v) is 2.04. The van der Waals surface area contributed by atoms with Gasteiger partial charge in [0.05, 0.1) is 12.8 Å². The lowest BCUT2D eigenvalue weighted by atomic mass is 10.2. The maximum atomic E-state index is 8.57. The van der Waals surface area contributed by atoms with Gasteiger partial charge < -0.3 is 9.84 Å². The zero-order chi connectivity index (χ0) is 11.6. The van der Waals surface area contributed by atoms with E-state index in [2.05, 4.69) is 23.7 Å². The third-order valence-electron chi connectivity index (χ3n) is 2.04. The van der Waals surface area contributed by atoms with Crippen molar-refractivity contribution in [3.8, 4) is 17.6 Å². The van der Waals surface area contributed by atoms with E-state index in [0.717, 1.165) is 17.7 Å². The van der Waals surface area contributed by atoms with Crippen molar-refractivity contribution in [2.75, 3.05) is 13.2 Å². The number of hydrogen-bond acceptors (Lipinski definition) is 3. The van der Waals surface area contributed by atoms with E-state index in [1.807, 2.05) is 6.07 Å². The van der Waals surface area contributed by atoms with Crippen molar-refractivity contribution in [3.63, 3.8) is 0 Å². The highest BCUT2D eigenvalue weighted by Crippen LogP contribution is 2.11. The van der Waals surface area contributed by atoms with E-state index in [0.29, 0.717) is 6.61 Å². The fraction of sp³-hybridized carbons (Fsp3) is 0.462. The lowest BCUT2D eigenvalue weighted by Gasteiger charge is -2.04. The molecular formula is C13H17NO2. The highest BCUT2D eigenvalue weighted by atomic mass is 16.5. The first-order valence-electron chi connectivity index (χ1n) is 5.54. The van der Waals surface area contributed by atoms with Gasteiger partial charge in [0, 0.05) is 11.8 Å². The monoisotopic (exact) mass is 219 g/mol. The third kappa shape index (κ3) is 4.81. The van der Waals surface area contributed by atoms with Crippen LogP contribution in [0.4, 0.5) is 0 Å². The predicted octanol–water partition coefficient (Wildman–Crippen LogP) is 1.99. The van der Waals surface area contributed by atoms with Gasteiger partial charge in [-0.3, -0.25) is 4.98 Å². The Balaban J connectivity index is 2.47. The van der Waals surface area contributed by atoms with Crippen molar-refractivity contribution in [3.05, 3.63) is 24.0 Å². The molecule has 0 radical (unpaired) electrons. The zero-order valence-corrected chi connectivity index (χ0v) is 9.57. The maximum absolute atomic E-state index is 8.57. The second kappa shape index (κ2) is 7.72. The van der Waals surface area contributed by atoms with Crippen molar-refractivity contribution in [2.24, 2.45) is 0 Å². The molecule has 1 rings (SSSR count). The Hall–Kier alpha value is -1.53. The minimum Gasteiger partial charge on any atom is -0.492 e. The molecule has 3 heteroatoms. The standard InChI is InChI=1S/C13H17NO2/c1-2-3-4-8-16-13-9-12(6-5-7-15)10-14-11-13/h9-11,15H,2-4,7-8H2,1H3. The molecule has 0 amide bonds. The molecule has 0 fully saturated rings. The Bertz CT molecular complexity index is 366. The molecule has 1 aromatic rings. The topological polar surface area (TPSA) is 42.4 Å². The van der Waals surface area contributed by atoms with Gasteiger partial charge in [0.2, 0.25) is 0 Å². The Kier molecular flexibility index (Phi) is 6.05. The van der Waals surface area contributed by atoms with Gasteiger partial charge in [-0.25, -0.2) is 0 Å². The second-order valence-corrected chi connectivity index (χ2v) is 3.42. The van der Waals surface area contributed by atoms with Gasteiger partial charge in [-0.05, 0) is 12.5 Å². The van der Waals surface area contributed by atoms with Gasteiger partial charge in [0.1, 0.15) is 12.4 Å². The summed E-state index contributed by atoms with van der Waals surface area (Å²) in [6.07, 6.45) is 6.75. The summed E-state index contributed by atoms with van der Waals surface area (Å²) in [6.45, 7) is 2.74. The molecule has 86 valence electrons. The normalized spacial score (nSPS) is 9.38. The van der Waals surface area contributed by atoms with Gasteiger partial charge in [0.15, 0.2) is 0 Å². The fourth-order valence-electron chi connectivity index (χ4n) is 1.25. The van der Waals surface area contributed by atoms with Crippen molar-refractivity contribution in [1.29, 1.82) is 0 Å². The van der Waals surface area contributed by atoms with Crippen LogP contribution in [0, 0.1) is 11.8 Å². The molecule has 16 heavy (non-hydrogen) atoms. The summed E-state index contributed by atoms with van der Waals surface area (Å²) in [6, 6.07) is 1.83. The van der Waals surface area contributed by atoms with Gasteiger partial charge in [-0.1, -0.05) is 31.6 Å². The summed E-state index contributed by atoms with van der Waals surface area (Å²) in [7, 11) is 0. The molecule has 0 aliphatic rings. The van der Waals surface area contributed by atoms with Crippen LogP contribution in [0.25, 0.3) is 0 Å². The molecule has 0 bridgehead atoms. The first-order valence-corrected chi connectivity index (χ1v) is 5.54. The summed E-state index contributed by atoms with van der Waals surface area (Å²) in [5.74, 6) is 6.11. The van der Waals surface area contributed by atoms with Gasteiger partial charge >= 0.3 is 0 Å². The van der Waals surface area contributed by atoms with Crippen LogP contribution >= 0.6 is 0 Å². The van der Waals surface area contributed by atoms with Crippen molar-refractivity contribution in [1.82, 2.24) is 4.98 Å². The van der Waals surface area contributed by atoms with Crippen LogP contribution < -0.4 is 4.74 Å². The van der Waals surface area contributed by atoms with Gasteiger partial charge in [-0.2, -0.15) is 0 Å². The van der Waals surface area contributed by atoms with Crippen LogP contribution in [-0.4, -0.2) is 23.3 Å². The van der Waals surface area contributed by atoms with E-state index in [1.54, 1.807) is 12.4 Å². The number of aliphatic hydroxyl groups excluding tert-OH is 1. The second-order valence-electron chi connectivity index (χ2n) is 3.42. The molecule has 0 aromatic carbocycles. The molecule has 0 atom stereocenters. The number of aliphatic hydroxyl groups is 1. The van der Waals surface area contributed by atoms with Gasteiger partial charge in [-0.15, -0.1) is 0 Å². The van der Waals surface area contributed by atoms with Crippen molar-refractivity contribution in [2.45, 2.75) is 26.2 Å². The molecule has 0 unspecified atom stereocenters. The Morgan fingerprint density at radius 3 is 3.00 bits per heavy atom. The first-order chi connectivity index (χ1) is 7.86. The molecular weight excluding hydrogens is 202 g/mol. The zero-order valence-electron chi connectivity index (χ0n) is 9.57. The van der Waals surface area contributed by atoms with Crippen LogP contribution in [0.2, 0.25) is 0 Å². The van der Waals surface area contributed by atoms with Crippen molar-refractivity contribution >= 4 is 0 Å². The van der Waals surface area contributed by atoms with E-state index in [-0.39, 0.29) is 6.61 Å². The molecule has 0 saturated carbocycles. The van der Waals surface area contributed by atoms with Crippen molar-refractivity contribution < 1.29 is 9.84 Å². The first kappa shape index (κ1) is 12.5. The molecule has 1 N–H and O–H groups in total. The van der Waals surface area contributed by atoms with Crippen LogP contribution in [0.5, 0.6) is 5.75 Å². The largest absolute Gasteiger partial charge is 0.492 e. The van der Waals surface area contributed by atoms with Crippen LogP contribution in [0.3, 0.4) is 0 Å². The van der Waals surface area contributed by atoms with E-state index in [1.165, 1.54) is 12.8 Å². The number of nitrogens with zero attached hydrogens (tertiary/aromatic N) is 1. The number of ether oxygens (including phenoxy) is 1. The number of rotatable bonds is 5. The van der Waals surface area contributed by atoms with Gasteiger partial charge in [0.25, 0.3) is 0 Å². The predicted molar refractivity (Wildman–Crippen MR) is 63.2 cm³/mol. The lowest BCUT2D eigenvalue weighted by molar-refractivity contribution is 0.305. The quantitative estimate of drug-likeness (QED) is 0.608. The van der Waals surface area contributed by atoms with E-state index in [4.69, 9.17) is 9.84 Å². The average Bonchev–Trinajstić information content (AvgIpc) is 2.33. The Morgan fingerprint density at radius 1 is 1.38 bits per heavy atom. The van der Waals surface area contributed by atoms with E-state index in [9.17, 15) is 0 Å². The number of aromatic nitrogens is 1. The Labute approximate surface area is 96.5 Å². The smallest absolute Gasteiger partial charge is 0.138 e. The maximum Gasteiger partial charge on any atom is 0.138 e. The van der Waals surface area contributed by atoms with Crippen LogP contribution in [0.1, 0.15) is 31.7 Å². The fourth-order valence-corrected chi connectivity index (χ4v) is 1.25. The number of unbranched alkanes of at least 4 members (excludes halogenated alkanes) is 2. The summed E-state index contributed by atoms with van der Waals surface area (Å²) in [4.78, 5) is 4.03. The van der Waals surface area contributed by atoms with Crippen LogP contribution in [-0.2, 0) is 0 Å². The van der Waals surface area contributed by atoms with E-state index >= 15 is 0 Å². The Morgan fingerprint density at radius 2 is 2.25 bits per heavy atom. The minimum atomic E-state index is -0.137. The molecule has 0 saturated heterocycles. The number of hydrogen-bond donors (Lipinski definition) is 1. The summed E-state index contributed by atoms with van der Waals surface area (Å²) < 4.78 is 5.54. The van der Waals surface area contributed by atoms with Crippen LogP contribution in [0.15, 0.2) is 18.5 Å². The average molecular weight is 219 g/mol. The molecule has 0 spiro atoms. The molecule has 0 aliphatic carbocycles. The molecule has 1 aromatic heterocycles. The number of pyridine rings is 1. The highest BCUT2D eigenvalue weighted by Gasteiger charge is 1.95. The summed E-state index contributed by atoms with van der Waals surface area (Å²) >= 11 is 0. The lowest BCUT2D eigenvalue weighted by Crippen LogP contribution is -1.97. The minimum absolute atomic E-state index is 0.137. The summed E-state index contributed by atoms with van der Waals surface area (Å²) in [5.41, 5.74) is 0.766. The molecule has 0 aliphatic heterocycles. The van der Waals surface area contributed by atoms with E-state index < -0.39 is 0 Å².